The molecule has 0 aliphatic heterocycles. The van der Waals surface area contributed by atoms with Gasteiger partial charge in [0, 0.05) is 19.4 Å². The Balaban J connectivity index is 2.11. The Bertz CT molecular complexity index is 451. The van der Waals surface area contributed by atoms with Gasteiger partial charge in [0.25, 0.3) is 0 Å². The number of aromatic nitrogens is 4. The summed E-state index contributed by atoms with van der Waals surface area (Å²) in [7, 11) is 0.324. The second-order valence-corrected chi connectivity index (χ2v) is 3.29. The van der Waals surface area contributed by atoms with Gasteiger partial charge in [-0.3, -0.25) is 9.36 Å². The van der Waals surface area contributed by atoms with Crippen molar-refractivity contribution in [2.45, 2.75) is 6.54 Å². The van der Waals surface area contributed by atoms with E-state index >= 15 is 0 Å². The van der Waals surface area contributed by atoms with E-state index in [0.29, 0.717) is 6.54 Å². The third-order valence-corrected chi connectivity index (χ3v) is 2.02. The maximum absolute atomic E-state index is 8.87. The minimum absolute atomic E-state index is 0.242. The molecule has 78 valence electrons. The molecule has 0 bridgehead atoms. The summed E-state index contributed by atoms with van der Waals surface area (Å²) in [4.78, 5) is 0. The number of rotatable bonds is 3. The topological polar surface area (TPSA) is 76.1 Å². The molecule has 0 atom stereocenters. The van der Waals surface area contributed by atoms with E-state index in [9.17, 15) is 0 Å². The molecule has 0 fully saturated rings. The van der Waals surface area contributed by atoms with E-state index in [-0.39, 0.29) is 5.59 Å². The Morgan fingerprint density at radius 3 is 2.60 bits per heavy atom. The van der Waals surface area contributed by atoms with Gasteiger partial charge in [-0.2, -0.15) is 10.2 Å². The summed E-state index contributed by atoms with van der Waals surface area (Å²) in [6.07, 6.45) is 3.53. The fourth-order valence-corrected chi connectivity index (χ4v) is 1.32. The van der Waals surface area contributed by atoms with E-state index in [1.54, 1.807) is 21.6 Å². The van der Waals surface area contributed by atoms with E-state index in [2.05, 4.69) is 10.2 Å². The minimum atomic E-state index is -1.52. The van der Waals surface area contributed by atoms with Crippen molar-refractivity contribution in [1.29, 1.82) is 0 Å². The van der Waals surface area contributed by atoms with Gasteiger partial charge >= 0.3 is 7.12 Å². The lowest BCUT2D eigenvalue weighted by Crippen LogP contribution is -2.31. The molecule has 6 nitrogen and oxygen atoms in total. The second-order valence-electron chi connectivity index (χ2n) is 3.29. The molecule has 0 aromatic carbocycles. The molecule has 2 heterocycles. The van der Waals surface area contributed by atoms with E-state index in [1.807, 2.05) is 19.3 Å². The van der Waals surface area contributed by atoms with Crippen LogP contribution in [0.4, 0.5) is 0 Å². The maximum atomic E-state index is 8.87. The van der Waals surface area contributed by atoms with Crippen molar-refractivity contribution in [2.75, 3.05) is 0 Å². The monoisotopic (exact) mass is 206 g/mol. The minimum Gasteiger partial charge on any atom is -0.422 e. The van der Waals surface area contributed by atoms with E-state index < -0.39 is 7.12 Å². The number of hydrogen-bond donors (Lipinski definition) is 2. The SMILES string of the molecule is Cn1ccc(Cn2ccc(B(O)O)n2)n1. The van der Waals surface area contributed by atoms with E-state index in [0.717, 1.165) is 5.69 Å². The quantitative estimate of drug-likeness (QED) is 0.589. The number of aryl methyl sites for hydroxylation is 1. The predicted molar refractivity (Wildman–Crippen MR) is 54.4 cm³/mol. The van der Waals surface area contributed by atoms with Gasteiger partial charge in [0.1, 0.15) is 0 Å². The van der Waals surface area contributed by atoms with Crippen LogP contribution in [0, 0.1) is 0 Å². The molecule has 2 aromatic heterocycles. The average Bonchev–Trinajstić information content (AvgIpc) is 2.76. The largest absolute Gasteiger partial charge is 0.510 e. The predicted octanol–water partition coefficient (Wildman–Crippen LogP) is -1.66. The summed E-state index contributed by atoms with van der Waals surface area (Å²) in [6.45, 7) is 0.521. The number of hydrogen-bond acceptors (Lipinski definition) is 4. The first kappa shape index (κ1) is 9.94. The third kappa shape index (κ3) is 2.25. The van der Waals surface area contributed by atoms with Gasteiger partial charge in [0.05, 0.1) is 17.8 Å². The van der Waals surface area contributed by atoms with Crippen LogP contribution in [0.3, 0.4) is 0 Å². The highest BCUT2D eigenvalue weighted by Crippen LogP contribution is 1.96. The van der Waals surface area contributed by atoms with Crippen LogP contribution in [0.25, 0.3) is 0 Å². The number of nitrogens with zero attached hydrogens (tertiary/aromatic N) is 4. The highest BCUT2D eigenvalue weighted by atomic mass is 16.4. The average molecular weight is 206 g/mol. The maximum Gasteiger partial charge on any atom is 0.510 e. The van der Waals surface area contributed by atoms with Crippen molar-refractivity contribution in [1.82, 2.24) is 19.6 Å². The Hall–Kier alpha value is -1.60. The van der Waals surface area contributed by atoms with Crippen LogP contribution >= 0.6 is 0 Å². The van der Waals surface area contributed by atoms with Gasteiger partial charge in [-0.1, -0.05) is 0 Å². The molecule has 0 saturated heterocycles. The smallest absolute Gasteiger partial charge is 0.422 e. The molecule has 15 heavy (non-hydrogen) atoms. The van der Waals surface area contributed by atoms with Crippen LogP contribution in [-0.2, 0) is 13.6 Å². The fraction of sp³-hybridized carbons (Fsp3) is 0.250. The molecule has 2 aromatic rings. The summed E-state index contributed by atoms with van der Waals surface area (Å²) in [6, 6.07) is 3.45. The third-order valence-electron chi connectivity index (χ3n) is 2.02. The molecule has 0 spiro atoms. The highest BCUT2D eigenvalue weighted by Gasteiger charge is 2.14. The van der Waals surface area contributed by atoms with Crippen molar-refractivity contribution in [2.24, 2.45) is 7.05 Å². The first-order valence-electron chi connectivity index (χ1n) is 4.53. The molecule has 0 radical (unpaired) electrons. The lowest BCUT2D eigenvalue weighted by molar-refractivity contribution is 0.423. The molecule has 7 heteroatoms. The molecule has 0 amide bonds. The van der Waals surface area contributed by atoms with Crippen LogP contribution in [0.15, 0.2) is 24.5 Å². The lowest BCUT2D eigenvalue weighted by atomic mass is 9.87. The van der Waals surface area contributed by atoms with Gasteiger partial charge in [0.2, 0.25) is 0 Å². The molecule has 2 N–H and O–H groups in total. The molecule has 0 aliphatic carbocycles. The first-order chi connectivity index (χ1) is 7.15. The van der Waals surface area contributed by atoms with Crippen LogP contribution in [0.5, 0.6) is 0 Å². The van der Waals surface area contributed by atoms with Crippen molar-refractivity contribution in [3.8, 4) is 0 Å². The van der Waals surface area contributed by atoms with E-state index in [1.165, 1.54) is 0 Å². The second kappa shape index (κ2) is 3.88. The highest BCUT2D eigenvalue weighted by molar-refractivity contribution is 6.57. The summed E-state index contributed by atoms with van der Waals surface area (Å²) < 4.78 is 3.32. The molecular formula is C8H11BN4O2. The van der Waals surface area contributed by atoms with Gasteiger partial charge in [0.15, 0.2) is 0 Å². The van der Waals surface area contributed by atoms with Crippen LogP contribution < -0.4 is 5.59 Å². The first-order valence-corrected chi connectivity index (χ1v) is 4.53. The van der Waals surface area contributed by atoms with Gasteiger partial charge < -0.3 is 10.0 Å². The van der Waals surface area contributed by atoms with Gasteiger partial charge in [-0.15, -0.1) is 0 Å². The molecule has 0 saturated carbocycles. The van der Waals surface area contributed by atoms with E-state index in [4.69, 9.17) is 10.0 Å². The zero-order chi connectivity index (χ0) is 10.8. The van der Waals surface area contributed by atoms with Crippen molar-refractivity contribution in [3.63, 3.8) is 0 Å². The van der Waals surface area contributed by atoms with Gasteiger partial charge in [-0.05, 0) is 12.1 Å². The Labute approximate surface area is 86.9 Å². The van der Waals surface area contributed by atoms with Crippen molar-refractivity contribution in [3.05, 3.63) is 30.2 Å². The Morgan fingerprint density at radius 1 is 1.27 bits per heavy atom. The Kier molecular flexibility index (Phi) is 2.57. The normalized spacial score (nSPS) is 10.6. The standard InChI is InChI=1S/C8H11BN4O2/c1-12-4-2-7(10-12)6-13-5-3-8(11-13)9(14)15/h2-5,14-15H,6H2,1H3. The molecule has 0 aliphatic rings. The molecule has 2 rings (SSSR count). The fourth-order valence-electron chi connectivity index (χ4n) is 1.32. The summed E-state index contributed by atoms with van der Waals surface area (Å²) in [5.41, 5.74) is 1.12. The van der Waals surface area contributed by atoms with Gasteiger partial charge in [-0.25, -0.2) is 0 Å². The summed E-state index contributed by atoms with van der Waals surface area (Å²) in [5, 5.41) is 25.9. The zero-order valence-electron chi connectivity index (χ0n) is 8.28. The summed E-state index contributed by atoms with van der Waals surface area (Å²) >= 11 is 0. The van der Waals surface area contributed by atoms with Crippen molar-refractivity contribution < 1.29 is 10.0 Å². The zero-order valence-corrected chi connectivity index (χ0v) is 8.28. The van der Waals surface area contributed by atoms with Crippen LogP contribution in [0.1, 0.15) is 5.69 Å². The van der Waals surface area contributed by atoms with Crippen LogP contribution in [-0.4, -0.2) is 36.7 Å². The van der Waals surface area contributed by atoms with Crippen LogP contribution in [0.2, 0.25) is 0 Å². The lowest BCUT2D eigenvalue weighted by Gasteiger charge is -1.97. The Morgan fingerprint density at radius 2 is 2.07 bits per heavy atom. The van der Waals surface area contributed by atoms with Crippen molar-refractivity contribution >= 4 is 12.7 Å². The summed E-state index contributed by atoms with van der Waals surface area (Å²) in [5.74, 6) is 0. The molecule has 0 unspecified atom stereocenters. The molecular weight excluding hydrogens is 195 g/mol.